The summed E-state index contributed by atoms with van der Waals surface area (Å²) in [5.74, 6) is -1.85. The lowest BCUT2D eigenvalue weighted by atomic mass is 10.1. The lowest BCUT2D eigenvalue weighted by Crippen LogP contribution is -2.24. The van der Waals surface area contributed by atoms with Crippen LogP contribution in [0.15, 0.2) is 0 Å². The molecule has 0 radical (unpaired) electrons. The Morgan fingerprint density at radius 3 is 1.00 bits per heavy atom. The second-order valence-electron chi connectivity index (χ2n) is 10.5. The third kappa shape index (κ3) is 33.8. The van der Waals surface area contributed by atoms with Crippen LogP contribution in [0.3, 0.4) is 0 Å². The Labute approximate surface area is 272 Å². The zero-order valence-electron chi connectivity index (χ0n) is 28.6. The fourth-order valence-corrected chi connectivity index (χ4v) is 3.92. The Bertz CT molecular complexity index is 512. The van der Waals surface area contributed by atoms with E-state index in [1.54, 1.807) is 0 Å². The van der Waals surface area contributed by atoms with Crippen molar-refractivity contribution in [2.45, 2.75) is 78.1 Å². The Balaban J connectivity index is 0.000000687. The summed E-state index contributed by atoms with van der Waals surface area (Å²) in [6.07, 6.45) is 12.4. The third-order valence-corrected chi connectivity index (χ3v) is 6.63. The molecule has 12 nitrogen and oxygen atoms in total. The van der Waals surface area contributed by atoms with Crippen LogP contribution in [-0.4, -0.2) is 131 Å². The van der Waals surface area contributed by atoms with E-state index in [-0.39, 0.29) is 0 Å². The normalized spacial score (nSPS) is 18.4. The molecule has 45 heavy (non-hydrogen) atoms. The molecular formula is C33H64O12. The van der Waals surface area contributed by atoms with Crippen LogP contribution in [0, 0.1) is 5.92 Å². The minimum atomic E-state index is -0.821. The topological polar surface area (TPSA) is 126 Å². The molecule has 0 saturated carbocycles. The van der Waals surface area contributed by atoms with Crippen LogP contribution in [0.1, 0.15) is 78.1 Å². The summed E-state index contributed by atoms with van der Waals surface area (Å²) < 4.78 is 51.3. The van der Waals surface area contributed by atoms with Gasteiger partial charge in [-0.3, -0.25) is 9.59 Å². The van der Waals surface area contributed by atoms with E-state index in [0.717, 1.165) is 12.8 Å². The smallest absolute Gasteiger partial charge is 0.320 e. The highest BCUT2D eigenvalue weighted by Gasteiger charge is 2.23. The second-order valence-corrected chi connectivity index (χ2v) is 10.5. The zero-order chi connectivity index (χ0) is 32.9. The number of carbonyl (C=O) groups is 2. The minimum absolute atomic E-state index is 0.399. The van der Waals surface area contributed by atoms with Crippen LogP contribution in [0.4, 0.5) is 0 Å². The Morgan fingerprint density at radius 1 is 0.467 bits per heavy atom. The largest absolute Gasteiger partial charge is 0.468 e. The molecule has 2 fully saturated rings. The van der Waals surface area contributed by atoms with Crippen LogP contribution in [0.5, 0.6) is 0 Å². The fourth-order valence-electron chi connectivity index (χ4n) is 3.92. The molecule has 2 rings (SSSR count). The van der Waals surface area contributed by atoms with Gasteiger partial charge in [0.25, 0.3) is 0 Å². The highest BCUT2D eigenvalue weighted by Crippen LogP contribution is 2.11. The SMILES string of the molecule is C1COCCOCCOCCO1.C1COCCOCCOCCO1.CCCCCCCCCCCCOC(=O)[C@H](C)C(=O)OC. The molecule has 2 aliphatic rings. The van der Waals surface area contributed by atoms with Gasteiger partial charge in [-0.1, -0.05) is 64.7 Å². The van der Waals surface area contributed by atoms with Crippen molar-refractivity contribution in [1.82, 2.24) is 0 Å². The highest BCUT2D eigenvalue weighted by atomic mass is 16.6. The first-order valence-corrected chi connectivity index (χ1v) is 17.0. The third-order valence-electron chi connectivity index (χ3n) is 6.63. The van der Waals surface area contributed by atoms with E-state index < -0.39 is 17.9 Å². The lowest BCUT2D eigenvalue weighted by Gasteiger charge is -2.09. The van der Waals surface area contributed by atoms with Gasteiger partial charge in [-0.25, -0.2) is 0 Å². The summed E-state index contributed by atoms with van der Waals surface area (Å²) in [6, 6.07) is 0. The minimum Gasteiger partial charge on any atom is -0.468 e. The van der Waals surface area contributed by atoms with Crippen LogP contribution >= 0.6 is 0 Å². The summed E-state index contributed by atoms with van der Waals surface area (Å²) in [5, 5.41) is 0. The number of hydrogen-bond donors (Lipinski definition) is 0. The van der Waals surface area contributed by atoms with Crippen LogP contribution in [-0.2, 0) is 57.0 Å². The van der Waals surface area contributed by atoms with Crippen molar-refractivity contribution in [2.24, 2.45) is 5.92 Å². The molecule has 0 bridgehead atoms. The second kappa shape index (κ2) is 37.1. The van der Waals surface area contributed by atoms with Crippen molar-refractivity contribution in [1.29, 1.82) is 0 Å². The van der Waals surface area contributed by atoms with Crippen molar-refractivity contribution in [3.63, 3.8) is 0 Å². The quantitative estimate of drug-likeness (QED) is 0.159. The predicted molar refractivity (Wildman–Crippen MR) is 171 cm³/mol. The van der Waals surface area contributed by atoms with Crippen molar-refractivity contribution < 1.29 is 57.0 Å². The number of rotatable bonds is 13. The van der Waals surface area contributed by atoms with Crippen LogP contribution in [0.25, 0.3) is 0 Å². The summed E-state index contributed by atoms with van der Waals surface area (Å²) in [7, 11) is 1.27. The van der Waals surface area contributed by atoms with Gasteiger partial charge in [0.15, 0.2) is 5.92 Å². The average Bonchev–Trinajstić information content (AvgIpc) is 3.04. The Morgan fingerprint density at radius 2 is 0.733 bits per heavy atom. The predicted octanol–water partition coefficient (Wildman–Crippen LogP) is 4.39. The summed E-state index contributed by atoms with van der Waals surface area (Å²) in [6.45, 7) is 14.4. The summed E-state index contributed by atoms with van der Waals surface area (Å²) in [4.78, 5) is 22.6. The van der Waals surface area contributed by atoms with Gasteiger partial charge in [-0.05, 0) is 13.3 Å². The summed E-state index contributed by atoms with van der Waals surface area (Å²) in [5.41, 5.74) is 0. The molecule has 0 amide bonds. The molecule has 2 heterocycles. The molecule has 0 spiro atoms. The van der Waals surface area contributed by atoms with E-state index >= 15 is 0 Å². The lowest BCUT2D eigenvalue weighted by molar-refractivity contribution is -0.159. The van der Waals surface area contributed by atoms with Crippen molar-refractivity contribution in [2.75, 3.05) is 119 Å². The standard InChI is InChI=1S/C17H32O4.2C8H16O4/c1-4-5-6-7-8-9-10-11-12-13-14-21-17(19)15(2)16(18)20-3;2*1-2-10-5-6-12-8-7-11-4-3-9-1/h15H,4-14H2,1-3H3;2*1-8H2/t15-;;/m1../s1. The van der Waals surface area contributed by atoms with Gasteiger partial charge in [-0.2, -0.15) is 0 Å². The van der Waals surface area contributed by atoms with Crippen molar-refractivity contribution >= 4 is 11.9 Å². The van der Waals surface area contributed by atoms with E-state index in [9.17, 15) is 9.59 Å². The molecular weight excluding hydrogens is 588 g/mol. The Kier molecular flexibility index (Phi) is 35.9. The fraction of sp³-hybridized carbons (Fsp3) is 0.939. The van der Waals surface area contributed by atoms with E-state index in [0.29, 0.717) is 112 Å². The molecule has 0 aromatic carbocycles. The van der Waals surface area contributed by atoms with Gasteiger partial charge in [0.05, 0.1) is 119 Å². The molecule has 0 N–H and O–H groups in total. The maximum Gasteiger partial charge on any atom is 0.320 e. The van der Waals surface area contributed by atoms with E-state index in [4.69, 9.17) is 42.6 Å². The van der Waals surface area contributed by atoms with Gasteiger partial charge in [0.1, 0.15) is 0 Å². The molecule has 2 saturated heterocycles. The molecule has 1 atom stereocenters. The maximum atomic E-state index is 11.5. The molecule has 0 aliphatic carbocycles. The first kappa shape index (κ1) is 43.6. The van der Waals surface area contributed by atoms with Gasteiger partial charge < -0.3 is 47.4 Å². The first-order valence-electron chi connectivity index (χ1n) is 17.0. The number of unbranched alkanes of at least 4 members (excludes halogenated alkanes) is 9. The molecule has 2 aliphatic heterocycles. The van der Waals surface area contributed by atoms with Gasteiger partial charge >= 0.3 is 11.9 Å². The molecule has 0 unspecified atom stereocenters. The van der Waals surface area contributed by atoms with E-state index in [1.165, 1.54) is 65.4 Å². The van der Waals surface area contributed by atoms with Crippen molar-refractivity contribution in [3.05, 3.63) is 0 Å². The van der Waals surface area contributed by atoms with Gasteiger partial charge in [0, 0.05) is 0 Å². The molecule has 0 aromatic heterocycles. The monoisotopic (exact) mass is 652 g/mol. The highest BCUT2D eigenvalue weighted by molar-refractivity contribution is 5.94. The molecule has 0 aromatic rings. The number of methoxy groups -OCH3 is 1. The average molecular weight is 653 g/mol. The number of carbonyl (C=O) groups excluding carboxylic acids is 2. The van der Waals surface area contributed by atoms with Gasteiger partial charge in [-0.15, -0.1) is 0 Å². The number of esters is 2. The summed E-state index contributed by atoms with van der Waals surface area (Å²) >= 11 is 0. The number of ether oxygens (including phenoxy) is 10. The zero-order valence-corrected chi connectivity index (χ0v) is 28.6. The molecule has 268 valence electrons. The Hall–Kier alpha value is -1.38. The first-order chi connectivity index (χ1) is 22.1. The molecule has 12 heteroatoms. The van der Waals surface area contributed by atoms with Gasteiger partial charge in [0.2, 0.25) is 0 Å². The maximum absolute atomic E-state index is 11.5. The van der Waals surface area contributed by atoms with Crippen molar-refractivity contribution in [3.8, 4) is 0 Å². The van der Waals surface area contributed by atoms with Crippen LogP contribution < -0.4 is 0 Å². The van der Waals surface area contributed by atoms with E-state index in [1.807, 2.05) is 0 Å². The van der Waals surface area contributed by atoms with Crippen LogP contribution in [0.2, 0.25) is 0 Å². The number of hydrogen-bond acceptors (Lipinski definition) is 12. The van der Waals surface area contributed by atoms with E-state index in [2.05, 4.69) is 11.7 Å².